The van der Waals surface area contributed by atoms with Crippen molar-refractivity contribution in [2.75, 3.05) is 13.2 Å². The Bertz CT molecular complexity index is 693. The van der Waals surface area contributed by atoms with Crippen molar-refractivity contribution in [2.45, 2.75) is 52.0 Å². The number of ether oxygens (including phenoxy) is 1. The molecule has 1 fully saturated rings. The average Bonchev–Trinajstić information content (AvgIpc) is 3.26. The Labute approximate surface area is 148 Å². The SMILES string of the molecule is CCCc1cc(C2CCCN2C(=O)Cc2ccc(OCC)cc2)no1. The summed E-state index contributed by atoms with van der Waals surface area (Å²) in [7, 11) is 0. The molecule has 0 aliphatic carbocycles. The number of aryl methyl sites for hydroxylation is 1. The molecule has 134 valence electrons. The predicted molar refractivity (Wildman–Crippen MR) is 95.5 cm³/mol. The molecule has 0 saturated carbocycles. The van der Waals surface area contributed by atoms with Crippen LogP contribution in [0, 0.1) is 0 Å². The Morgan fingerprint density at radius 2 is 2.12 bits per heavy atom. The zero-order valence-electron chi connectivity index (χ0n) is 15.0. The summed E-state index contributed by atoms with van der Waals surface area (Å²) >= 11 is 0. The van der Waals surface area contributed by atoms with Crippen LogP contribution >= 0.6 is 0 Å². The number of aromatic nitrogens is 1. The Hall–Kier alpha value is -2.30. The highest BCUT2D eigenvalue weighted by Crippen LogP contribution is 2.32. The van der Waals surface area contributed by atoms with Crippen molar-refractivity contribution in [3.63, 3.8) is 0 Å². The molecule has 1 amide bonds. The van der Waals surface area contributed by atoms with Crippen molar-refractivity contribution >= 4 is 5.91 Å². The number of carbonyl (C=O) groups excluding carboxylic acids is 1. The van der Waals surface area contributed by atoms with Gasteiger partial charge in [0.2, 0.25) is 5.91 Å². The molecule has 0 radical (unpaired) electrons. The molecule has 1 atom stereocenters. The van der Waals surface area contributed by atoms with E-state index in [9.17, 15) is 4.79 Å². The molecule has 1 aliphatic rings. The van der Waals surface area contributed by atoms with Gasteiger partial charge in [-0.1, -0.05) is 24.2 Å². The summed E-state index contributed by atoms with van der Waals surface area (Å²) in [5, 5.41) is 4.20. The number of hydrogen-bond donors (Lipinski definition) is 0. The Morgan fingerprint density at radius 1 is 1.32 bits per heavy atom. The van der Waals surface area contributed by atoms with Crippen LogP contribution < -0.4 is 4.74 Å². The van der Waals surface area contributed by atoms with Crippen LogP contribution in [0.3, 0.4) is 0 Å². The topological polar surface area (TPSA) is 55.6 Å². The van der Waals surface area contributed by atoms with Gasteiger partial charge < -0.3 is 14.2 Å². The van der Waals surface area contributed by atoms with Gasteiger partial charge in [-0.3, -0.25) is 4.79 Å². The summed E-state index contributed by atoms with van der Waals surface area (Å²) in [4.78, 5) is 14.7. The lowest BCUT2D eigenvalue weighted by atomic mass is 10.1. The minimum atomic E-state index is 0.0459. The summed E-state index contributed by atoms with van der Waals surface area (Å²) in [6.07, 6.45) is 4.28. The lowest BCUT2D eigenvalue weighted by Gasteiger charge is -2.23. The molecular formula is C20H26N2O3. The second-order valence-corrected chi connectivity index (χ2v) is 6.47. The first kappa shape index (κ1) is 17.5. The molecule has 1 saturated heterocycles. The number of hydrogen-bond acceptors (Lipinski definition) is 4. The maximum Gasteiger partial charge on any atom is 0.227 e. The van der Waals surface area contributed by atoms with E-state index < -0.39 is 0 Å². The van der Waals surface area contributed by atoms with Crippen LogP contribution in [0.5, 0.6) is 5.75 Å². The second kappa shape index (κ2) is 8.19. The molecule has 0 bridgehead atoms. The summed E-state index contributed by atoms with van der Waals surface area (Å²) in [5.74, 6) is 1.89. The standard InChI is InChI=1S/C20H26N2O3/c1-3-6-17-14-18(21-25-17)19-7-5-12-22(19)20(23)13-15-8-10-16(11-9-15)24-4-2/h8-11,14,19H,3-7,12-13H2,1-2H3. The van der Waals surface area contributed by atoms with Gasteiger partial charge in [-0.25, -0.2) is 0 Å². The molecule has 1 aliphatic heterocycles. The first-order valence-electron chi connectivity index (χ1n) is 9.18. The van der Waals surface area contributed by atoms with E-state index in [0.29, 0.717) is 13.0 Å². The van der Waals surface area contributed by atoms with E-state index in [1.165, 1.54) is 0 Å². The van der Waals surface area contributed by atoms with Crippen LogP contribution in [0.2, 0.25) is 0 Å². The van der Waals surface area contributed by atoms with Gasteiger partial charge in [0.05, 0.1) is 19.1 Å². The summed E-state index contributed by atoms with van der Waals surface area (Å²) < 4.78 is 10.8. The minimum absolute atomic E-state index is 0.0459. The van der Waals surface area contributed by atoms with Gasteiger partial charge in [0.15, 0.2) is 0 Å². The molecule has 1 unspecified atom stereocenters. The van der Waals surface area contributed by atoms with Crippen molar-refractivity contribution in [3.8, 4) is 5.75 Å². The second-order valence-electron chi connectivity index (χ2n) is 6.47. The third-order valence-electron chi connectivity index (χ3n) is 4.58. The maximum atomic E-state index is 12.8. The molecule has 5 heteroatoms. The fraction of sp³-hybridized carbons (Fsp3) is 0.500. The molecule has 0 N–H and O–H groups in total. The normalized spacial score (nSPS) is 17.0. The number of likely N-dealkylation sites (tertiary alicyclic amines) is 1. The first-order valence-corrected chi connectivity index (χ1v) is 9.18. The summed E-state index contributed by atoms with van der Waals surface area (Å²) in [6, 6.07) is 9.82. The van der Waals surface area contributed by atoms with Crippen molar-refractivity contribution in [1.29, 1.82) is 0 Å². The van der Waals surface area contributed by atoms with Gasteiger partial charge in [0.25, 0.3) is 0 Å². The van der Waals surface area contributed by atoms with E-state index in [4.69, 9.17) is 9.26 Å². The van der Waals surface area contributed by atoms with E-state index in [0.717, 1.165) is 55.0 Å². The highest BCUT2D eigenvalue weighted by atomic mass is 16.5. The summed E-state index contributed by atoms with van der Waals surface area (Å²) in [6.45, 7) is 5.51. The van der Waals surface area contributed by atoms with Gasteiger partial charge in [-0.2, -0.15) is 0 Å². The number of benzene rings is 1. The molecule has 2 heterocycles. The zero-order valence-corrected chi connectivity index (χ0v) is 15.0. The Balaban J connectivity index is 1.65. The van der Waals surface area contributed by atoms with Crippen LogP contribution in [-0.2, 0) is 17.6 Å². The van der Waals surface area contributed by atoms with Crippen molar-refractivity contribution < 1.29 is 14.1 Å². The fourth-order valence-corrected chi connectivity index (χ4v) is 3.37. The highest BCUT2D eigenvalue weighted by molar-refractivity contribution is 5.79. The van der Waals surface area contributed by atoms with Crippen LogP contribution in [0.4, 0.5) is 0 Å². The molecule has 3 rings (SSSR count). The average molecular weight is 342 g/mol. The first-order chi connectivity index (χ1) is 12.2. The Kier molecular flexibility index (Phi) is 5.74. The molecule has 0 spiro atoms. The van der Waals surface area contributed by atoms with Crippen LogP contribution in [0.25, 0.3) is 0 Å². The highest BCUT2D eigenvalue weighted by Gasteiger charge is 2.32. The van der Waals surface area contributed by atoms with E-state index >= 15 is 0 Å². The van der Waals surface area contributed by atoms with Gasteiger partial charge in [0.1, 0.15) is 17.2 Å². The summed E-state index contributed by atoms with van der Waals surface area (Å²) in [5.41, 5.74) is 1.90. The van der Waals surface area contributed by atoms with Gasteiger partial charge in [-0.05, 0) is 43.9 Å². The number of rotatable bonds is 7. The van der Waals surface area contributed by atoms with E-state index in [1.54, 1.807) is 0 Å². The molecule has 1 aromatic heterocycles. The maximum absolute atomic E-state index is 12.8. The van der Waals surface area contributed by atoms with E-state index in [1.807, 2.05) is 42.2 Å². The van der Waals surface area contributed by atoms with Gasteiger partial charge in [0, 0.05) is 19.0 Å². The molecule has 1 aromatic carbocycles. The lowest BCUT2D eigenvalue weighted by Crippen LogP contribution is -2.32. The largest absolute Gasteiger partial charge is 0.494 e. The zero-order chi connectivity index (χ0) is 17.6. The van der Waals surface area contributed by atoms with Crippen molar-refractivity contribution in [1.82, 2.24) is 10.1 Å². The monoisotopic (exact) mass is 342 g/mol. The molecule has 25 heavy (non-hydrogen) atoms. The smallest absolute Gasteiger partial charge is 0.227 e. The van der Waals surface area contributed by atoms with E-state index in [-0.39, 0.29) is 11.9 Å². The van der Waals surface area contributed by atoms with Crippen LogP contribution in [0.1, 0.15) is 56.2 Å². The Morgan fingerprint density at radius 3 is 2.84 bits per heavy atom. The predicted octanol–water partition coefficient (Wildman–Crippen LogP) is 3.93. The van der Waals surface area contributed by atoms with E-state index in [2.05, 4.69) is 12.1 Å². The fourth-order valence-electron chi connectivity index (χ4n) is 3.37. The molecular weight excluding hydrogens is 316 g/mol. The number of amides is 1. The number of carbonyl (C=O) groups is 1. The molecule has 2 aromatic rings. The van der Waals surface area contributed by atoms with Crippen LogP contribution in [-0.4, -0.2) is 29.1 Å². The van der Waals surface area contributed by atoms with Crippen molar-refractivity contribution in [3.05, 3.63) is 47.3 Å². The van der Waals surface area contributed by atoms with Crippen LogP contribution in [0.15, 0.2) is 34.9 Å². The third-order valence-corrected chi connectivity index (χ3v) is 4.58. The minimum Gasteiger partial charge on any atom is -0.494 e. The third kappa shape index (κ3) is 4.21. The van der Waals surface area contributed by atoms with Gasteiger partial charge >= 0.3 is 0 Å². The van der Waals surface area contributed by atoms with Gasteiger partial charge in [-0.15, -0.1) is 0 Å². The van der Waals surface area contributed by atoms with Crippen molar-refractivity contribution in [2.24, 2.45) is 0 Å². The number of nitrogens with zero attached hydrogens (tertiary/aromatic N) is 2. The lowest BCUT2D eigenvalue weighted by molar-refractivity contribution is -0.131. The quantitative estimate of drug-likeness (QED) is 0.765. The molecule has 5 nitrogen and oxygen atoms in total.